The number of amides is 1. The van der Waals surface area contributed by atoms with Crippen LogP contribution in [0, 0.1) is 11.8 Å². The molecule has 5 rings (SSSR count). The maximum absolute atomic E-state index is 13.7. The van der Waals surface area contributed by atoms with Crippen LogP contribution in [0.3, 0.4) is 0 Å². The van der Waals surface area contributed by atoms with E-state index in [1.165, 1.54) is 6.42 Å². The smallest absolute Gasteiger partial charge is 0.255 e. The molecular formula is C27H32N2O7. The molecule has 4 aliphatic rings. The number of primary amides is 1. The van der Waals surface area contributed by atoms with E-state index in [2.05, 4.69) is 4.90 Å². The molecule has 36 heavy (non-hydrogen) atoms. The van der Waals surface area contributed by atoms with Gasteiger partial charge in [0, 0.05) is 30.0 Å². The second-order valence-corrected chi connectivity index (χ2v) is 10.5. The number of aliphatic hydroxyl groups is 3. The predicted octanol–water partition coefficient (Wildman–Crippen LogP) is 1.97. The SMILES string of the molecule is CCc1cc(CN2CCCCC2)c(O)c2c1CC1CC3CC(=O)C(C(N)=O)=C(O)C3(O)C(=O)C1=C2O. The zero-order valence-corrected chi connectivity index (χ0v) is 20.3. The van der Waals surface area contributed by atoms with Gasteiger partial charge in [0.15, 0.2) is 11.4 Å². The number of nitrogens with two attached hydrogens (primary N) is 1. The Labute approximate surface area is 208 Å². The van der Waals surface area contributed by atoms with Crippen molar-refractivity contribution in [1.29, 1.82) is 0 Å². The topological polar surface area (TPSA) is 161 Å². The molecule has 0 bridgehead atoms. The largest absolute Gasteiger partial charge is 0.508 e. The number of rotatable bonds is 4. The Morgan fingerprint density at radius 1 is 1.11 bits per heavy atom. The van der Waals surface area contributed by atoms with Crippen LogP contribution in [0.4, 0.5) is 0 Å². The molecule has 0 radical (unpaired) electrons. The molecule has 1 aromatic rings. The monoisotopic (exact) mass is 496 g/mol. The first-order valence-corrected chi connectivity index (χ1v) is 12.7. The molecule has 1 heterocycles. The number of piperidine rings is 1. The lowest BCUT2D eigenvalue weighted by Gasteiger charge is -2.46. The summed E-state index contributed by atoms with van der Waals surface area (Å²) in [4.78, 5) is 40.2. The van der Waals surface area contributed by atoms with Crippen LogP contribution in [0.1, 0.15) is 61.3 Å². The van der Waals surface area contributed by atoms with Crippen LogP contribution in [0.2, 0.25) is 0 Å². The third-order valence-corrected chi connectivity index (χ3v) is 8.46. The molecule has 6 N–H and O–H groups in total. The Kier molecular flexibility index (Phi) is 5.95. The zero-order chi connectivity index (χ0) is 25.9. The standard InChI is InChI=1S/C27H32N2O7/c1-2-13-8-15(12-29-6-4-3-5-7-29)22(31)20-17(13)10-14-9-16-11-18(30)21(26(28)35)25(34)27(16,36)24(33)19(14)23(20)32/h8,14,16,31-32,34,36H,2-7,9-12H2,1H3,(H2,28,35). The number of hydrogen-bond acceptors (Lipinski definition) is 8. The second kappa shape index (κ2) is 8.74. The van der Waals surface area contributed by atoms with Crippen LogP contribution in [0.25, 0.3) is 5.76 Å². The molecule has 9 nitrogen and oxygen atoms in total. The number of hydrogen-bond donors (Lipinski definition) is 5. The summed E-state index contributed by atoms with van der Waals surface area (Å²) in [7, 11) is 0. The number of likely N-dealkylation sites (tertiary alicyclic amines) is 1. The van der Waals surface area contributed by atoms with E-state index in [9.17, 15) is 34.8 Å². The first-order valence-electron chi connectivity index (χ1n) is 12.7. The fourth-order valence-corrected chi connectivity index (χ4v) is 6.62. The van der Waals surface area contributed by atoms with Crippen molar-refractivity contribution >= 4 is 23.2 Å². The number of phenols is 1. The fourth-order valence-electron chi connectivity index (χ4n) is 6.62. The van der Waals surface area contributed by atoms with Gasteiger partial charge in [-0.25, -0.2) is 0 Å². The first kappa shape index (κ1) is 24.5. The minimum atomic E-state index is -2.54. The van der Waals surface area contributed by atoms with Gasteiger partial charge >= 0.3 is 0 Å². The van der Waals surface area contributed by atoms with Gasteiger partial charge < -0.3 is 26.2 Å². The van der Waals surface area contributed by atoms with E-state index in [-0.39, 0.29) is 29.7 Å². The quantitative estimate of drug-likeness (QED) is 0.395. The molecule has 9 heteroatoms. The zero-order valence-electron chi connectivity index (χ0n) is 20.3. The van der Waals surface area contributed by atoms with Crippen molar-refractivity contribution in [2.45, 2.75) is 64.0 Å². The lowest BCUT2D eigenvalue weighted by atomic mass is 9.59. The maximum atomic E-state index is 13.7. The molecule has 1 aliphatic heterocycles. The van der Waals surface area contributed by atoms with Gasteiger partial charge in [-0.3, -0.25) is 19.3 Å². The lowest BCUT2D eigenvalue weighted by Crippen LogP contribution is -2.58. The van der Waals surface area contributed by atoms with Gasteiger partial charge in [-0.05, 0) is 62.2 Å². The lowest BCUT2D eigenvalue weighted by molar-refractivity contribution is -0.147. The normalized spacial score (nSPS) is 28.6. The van der Waals surface area contributed by atoms with Crippen molar-refractivity contribution in [2.24, 2.45) is 17.6 Å². The van der Waals surface area contributed by atoms with Gasteiger partial charge in [-0.15, -0.1) is 0 Å². The van der Waals surface area contributed by atoms with Gasteiger partial charge in [0.1, 0.15) is 22.8 Å². The number of nitrogens with zero attached hydrogens (tertiary/aromatic N) is 1. The summed E-state index contributed by atoms with van der Waals surface area (Å²) in [5, 5.41) is 44.7. The van der Waals surface area contributed by atoms with E-state index in [0.717, 1.165) is 37.1 Å². The van der Waals surface area contributed by atoms with Gasteiger partial charge in [0.25, 0.3) is 5.91 Å². The summed E-state index contributed by atoms with van der Waals surface area (Å²) < 4.78 is 0. The highest BCUT2D eigenvalue weighted by atomic mass is 16.3. The highest BCUT2D eigenvalue weighted by Crippen LogP contribution is 2.52. The van der Waals surface area contributed by atoms with E-state index < -0.39 is 52.0 Å². The summed E-state index contributed by atoms with van der Waals surface area (Å²) in [5.74, 6) is -5.93. The van der Waals surface area contributed by atoms with Crippen LogP contribution < -0.4 is 5.73 Å². The summed E-state index contributed by atoms with van der Waals surface area (Å²) in [6, 6.07) is 1.97. The third-order valence-electron chi connectivity index (χ3n) is 8.46. The summed E-state index contributed by atoms with van der Waals surface area (Å²) >= 11 is 0. The fraction of sp³-hybridized carbons (Fsp3) is 0.519. The number of carbonyl (C=O) groups excluding carboxylic acids is 3. The molecule has 0 spiro atoms. The second-order valence-electron chi connectivity index (χ2n) is 10.5. The Morgan fingerprint density at radius 2 is 1.81 bits per heavy atom. The number of aromatic hydroxyl groups is 1. The van der Waals surface area contributed by atoms with Crippen molar-refractivity contribution in [3.63, 3.8) is 0 Å². The highest BCUT2D eigenvalue weighted by molar-refractivity contribution is 6.22. The first-order chi connectivity index (χ1) is 17.1. The number of fused-ring (bicyclic) bond motifs is 3. The van der Waals surface area contributed by atoms with E-state index in [1.54, 1.807) is 0 Å². The minimum absolute atomic E-state index is 0.0884. The van der Waals surface area contributed by atoms with Crippen molar-refractivity contribution in [3.05, 3.63) is 45.2 Å². The number of benzene rings is 1. The third kappa shape index (κ3) is 3.48. The average molecular weight is 497 g/mol. The van der Waals surface area contributed by atoms with E-state index in [0.29, 0.717) is 24.9 Å². The Bertz CT molecular complexity index is 1240. The van der Waals surface area contributed by atoms with E-state index in [4.69, 9.17) is 5.73 Å². The van der Waals surface area contributed by atoms with Crippen LogP contribution in [-0.4, -0.2) is 61.5 Å². The van der Waals surface area contributed by atoms with Gasteiger partial charge in [-0.2, -0.15) is 0 Å². The minimum Gasteiger partial charge on any atom is -0.508 e. The van der Waals surface area contributed by atoms with Gasteiger partial charge in [0.05, 0.1) is 5.56 Å². The molecule has 1 saturated carbocycles. The van der Waals surface area contributed by atoms with Crippen molar-refractivity contribution in [2.75, 3.05) is 13.1 Å². The highest BCUT2D eigenvalue weighted by Gasteiger charge is 2.60. The predicted molar refractivity (Wildman–Crippen MR) is 130 cm³/mol. The summed E-state index contributed by atoms with van der Waals surface area (Å²) in [6.45, 7) is 4.36. The van der Waals surface area contributed by atoms with Crippen LogP contribution >= 0.6 is 0 Å². The Morgan fingerprint density at radius 3 is 2.44 bits per heavy atom. The van der Waals surface area contributed by atoms with Crippen LogP contribution in [0.15, 0.2) is 23.0 Å². The van der Waals surface area contributed by atoms with Crippen LogP contribution in [-0.2, 0) is 33.8 Å². The Hall–Kier alpha value is -3.17. The van der Waals surface area contributed by atoms with Crippen molar-refractivity contribution in [1.82, 2.24) is 4.90 Å². The molecule has 1 aromatic carbocycles. The number of aryl methyl sites for hydroxylation is 1. The maximum Gasteiger partial charge on any atom is 0.255 e. The number of ketones is 2. The number of carbonyl (C=O) groups is 3. The summed E-state index contributed by atoms with van der Waals surface area (Å²) in [5.41, 5.74) is 4.40. The number of Topliss-reactive ketones (excluding diaryl/α,β-unsaturated/α-hetero) is 2. The molecule has 3 atom stereocenters. The molecule has 1 saturated heterocycles. The van der Waals surface area contributed by atoms with Gasteiger partial charge in [0.2, 0.25) is 5.78 Å². The van der Waals surface area contributed by atoms with Crippen LogP contribution in [0.5, 0.6) is 5.75 Å². The molecule has 1 amide bonds. The molecule has 3 aliphatic carbocycles. The van der Waals surface area contributed by atoms with E-state index in [1.807, 2.05) is 13.0 Å². The van der Waals surface area contributed by atoms with E-state index >= 15 is 0 Å². The van der Waals surface area contributed by atoms with Crippen molar-refractivity contribution in [3.8, 4) is 5.75 Å². The summed E-state index contributed by atoms with van der Waals surface area (Å²) in [6.07, 6.45) is 4.18. The molecule has 3 unspecified atom stereocenters. The molecule has 192 valence electrons. The van der Waals surface area contributed by atoms with Gasteiger partial charge in [-0.1, -0.05) is 19.4 Å². The van der Waals surface area contributed by atoms with Crippen molar-refractivity contribution < 1.29 is 34.8 Å². The number of phenolic OH excluding ortho intramolecular Hbond substituents is 1. The average Bonchev–Trinajstić information content (AvgIpc) is 2.83. The molecule has 2 fully saturated rings. The number of aliphatic hydroxyl groups excluding tert-OH is 2. The Balaban J connectivity index is 1.64. The molecular weight excluding hydrogens is 464 g/mol. The molecule has 0 aromatic heterocycles.